The van der Waals surface area contributed by atoms with Gasteiger partial charge in [-0.25, -0.2) is 15.0 Å². The Bertz CT molecular complexity index is 808. The Morgan fingerprint density at radius 3 is 2.52 bits per heavy atom. The predicted molar refractivity (Wildman–Crippen MR) is 93.9 cm³/mol. The first-order valence-corrected chi connectivity index (χ1v) is 8.97. The van der Waals surface area contributed by atoms with Crippen LogP contribution in [0, 0.1) is 0 Å². The van der Waals surface area contributed by atoms with E-state index >= 15 is 0 Å². The van der Waals surface area contributed by atoms with Gasteiger partial charge in [-0.15, -0.1) is 0 Å². The minimum atomic E-state index is -4.42. The van der Waals surface area contributed by atoms with Gasteiger partial charge in [0.1, 0.15) is 5.82 Å². The van der Waals surface area contributed by atoms with Crippen molar-refractivity contribution < 1.29 is 17.9 Å². The molecule has 1 fully saturated rings. The van der Waals surface area contributed by atoms with Gasteiger partial charge in [0, 0.05) is 45.0 Å². The molecule has 0 unspecified atom stereocenters. The van der Waals surface area contributed by atoms with E-state index in [2.05, 4.69) is 19.9 Å². The molecule has 0 saturated carbocycles. The molecule has 0 N–H and O–H groups in total. The van der Waals surface area contributed by atoms with Gasteiger partial charge in [0.25, 0.3) is 0 Å². The number of halogens is 3. The van der Waals surface area contributed by atoms with Crippen molar-refractivity contribution >= 4 is 11.8 Å². The number of morpholine rings is 1. The molecule has 0 bridgehead atoms. The summed E-state index contributed by atoms with van der Waals surface area (Å²) >= 11 is 0. The number of hydrogen-bond acceptors (Lipinski definition) is 6. The summed E-state index contributed by atoms with van der Waals surface area (Å²) in [6.07, 6.45) is -0.0691. The van der Waals surface area contributed by atoms with Crippen LogP contribution in [0.1, 0.15) is 16.8 Å². The number of alkyl halides is 3. The number of fused-ring (bicyclic) bond motifs is 1. The lowest BCUT2D eigenvalue weighted by molar-refractivity contribution is -0.137. The van der Waals surface area contributed by atoms with Crippen LogP contribution in [0.5, 0.6) is 0 Å². The summed E-state index contributed by atoms with van der Waals surface area (Å²) in [5.41, 5.74) is 1.19. The number of anilines is 2. The van der Waals surface area contributed by atoms with E-state index in [1.54, 1.807) is 11.1 Å². The molecule has 144 valence electrons. The maximum absolute atomic E-state index is 13.3. The van der Waals surface area contributed by atoms with Crippen LogP contribution in [0.25, 0.3) is 0 Å². The van der Waals surface area contributed by atoms with E-state index in [1.165, 1.54) is 12.3 Å². The number of pyridine rings is 1. The van der Waals surface area contributed by atoms with Gasteiger partial charge < -0.3 is 14.5 Å². The fourth-order valence-electron chi connectivity index (χ4n) is 3.46. The van der Waals surface area contributed by atoms with Crippen LogP contribution in [0.15, 0.2) is 24.5 Å². The summed E-state index contributed by atoms with van der Waals surface area (Å²) in [4.78, 5) is 16.9. The van der Waals surface area contributed by atoms with Crippen molar-refractivity contribution in [2.24, 2.45) is 0 Å². The van der Waals surface area contributed by atoms with Gasteiger partial charge in [-0.3, -0.25) is 0 Å². The summed E-state index contributed by atoms with van der Waals surface area (Å²) in [5.74, 6) is 0.651. The van der Waals surface area contributed by atoms with Crippen molar-refractivity contribution in [2.45, 2.75) is 19.0 Å². The summed E-state index contributed by atoms with van der Waals surface area (Å²) in [6, 6.07) is 2.40. The minimum absolute atomic E-state index is 0.0147. The number of hydrogen-bond donors (Lipinski definition) is 0. The van der Waals surface area contributed by atoms with E-state index in [0.717, 1.165) is 30.4 Å². The highest BCUT2D eigenvalue weighted by atomic mass is 19.4. The first-order valence-electron chi connectivity index (χ1n) is 8.97. The molecule has 2 aromatic heterocycles. The van der Waals surface area contributed by atoms with Crippen LogP contribution in [0.3, 0.4) is 0 Å². The molecule has 0 aliphatic carbocycles. The van der Waals surface area contributed by atoms with E-state index < -0.39 is 11.7 Å². The monoisotopic (exact) mass is 379 g/mol. The molecule has 2 aliphatic heterocycles. The van der Waals surface area contributed by atoms with E-state index in [0.29, 0.717) is 45.1 Å². The lowest BCUT2D eigenvalue weighted by Crippen LogP contribution is -2.37. The highest BCUT2D eigenvalue weighted by Gasteiger charge is 2.36. The molecule has 2 aromatic rings. The zero-order valence-electron chi connectivity index (χ0n) is 14.7. The summed E-state index contributed by atoms with van der Waals surface area (Å²) in [6.45, 7) is 3.67. The summed E-state index contributed by atoms with van der Waals surface area (Å²) < 4.78 is 45.3. The molecular formula is C18H20F3N5O. The molecule has 4 rings (SSSR count). The van der Waals surface area contributed by atoms with Crippen molar-refractivity contribution in [3.63, 3.8) is 0 Å². The lowest BCUT2D eigenvalue weighted by atomic mass is 10.1. The Labute approximate surface area is 155 Å². The third kappa shape index (κ3) is 3.83. The van der Waals surface area contributed by atoms with Crippen LogP contribution >= 0.6 is 0 Å². The van der Waals surface area contributed by atoms with Crippen LogP contribution in [-0.2, 0) is 23.8 Å². The second kappa shape index (κ2) is 7.30. The summed E-state index contributed by atoms with van der Waals surface area (Å²) in [7, 11) is 0. The molecule has 4 heterocycles. The van der Waals surface area contributed by atoms with Gasteiger partial charge in [0.2, 0.25) is 5.95 Å². The first kappa shape index (κ1) is 18.0. The lowest BCUT2D eigenvalue weighted by Gasteiger charge is -2.27. The third-order valence-corrected chi connectivity index (χ3v) is 4.90. The predicted octanol–water partition coefficient (Wildman–Crippen LogP) is 2.33. The average Bonchev–Trinajstić information content (AvgIpc) is 2.90. The van der Waals surface area contributed by atoms with Gasteiger partial charge >= 0.3 is 6.18 Å². The van der Waals surface area contributed by atoms with Gasteiger partial charge in [0.15, 0.2) is 0 Å². The molecule has 0 radical (unpaired) electrons. The standard InChI is InChI=1S/C18H20F3N5O/c19-18(20,21)14-2-1-5-22-16(14)25-6-3-13-12-23-17(24-15(13)4-7-25)26-8-10-27-11-9-26/h1-2,5,12H,3-4,6-11H2. The normalized spacial score (nSPS) is 18.2. The maximum atomic E-state index is 13.3. The van der Waals surface area contributed by atoms with Gasteiger partial charge in [-0.1, -0.05) is 0 Å². The van der Waals surface area contributed by atoms with E-state index in [1.807, 2.05) is 0 Å². The second-order valence-corrected chi connectivity index (χ2v) is 6.60. The van der Waals surface area contributed by atoms with E-state index in [9.17, 15) is 13.2 Å². The van der Waals surface area contributed by atoms with Crippen LogP contribution < -0.4 is 9.80 Å². The molecule has 27 heavy (non-hydrogen) atoms. The van der Waals surface area contributed by atoms with Crippen LogP contribution in [0.4, 0.5) is 24.9 Å². The fourth-order valence-corrected chi connectivity index (χ4v) is 3.46. The Morgan fingerprint density at radius 2 is 1.74 bits per heavy atom. The highest BCUT2D eigenvalue weighted by molar-refractivity contribution is 5.49. The van der Waals surface area contributed by atoms with E-state index in [4.69, 9.17) is 4.74 Å². The number of ether oxygens (including phenoxy) is 1. The molecule has 0 aromatic carbocycles. The van der Waals surface area contributed by atoms with Gasteiger partial charge in [-0.05, 0) is 24.1 Å². The van der Waals surface area contributed by atoms with Gasteiger partial charge in [0.05, 0.1) is 24.5 Å². The van der Waals surface area contributed by atoms with Gasteiger partial charge in [-0.2, -0.15) is 13.2 Å². The fraction of sp³-hybridized carbons (Fsp3) is 0.500. The Morgan fingerprint density at radius 1 is 0.963 bits per heavy atom. The number of rotatable bonds is 2. The first-order chi connectivity index (χ1) is 13.0. The molecule has 9 heteroatoms. The molecule has 0 spiro atoms. The molecule has 2 aliphatic rings. The van der Waals surface area contributed by atoms with Crippen molar-refractivity contribution in [3.05, 3.63) is 41.3 Å². The van der Waals surface area contributed by atoms with Crippen LogP contribution in [0.2, 0.25) is 0 Å². The molecule has 0 atom stereocenters. The Balaban J connectivity index is 1.55. The maximum Gasteiger partial charge on any atom is 0.419 e. The molecule has 1 saturated heterocycles. The Kier molecular flexibility index (Phi) is 4.86. The van der Waals surface area contributed by atoms with Crippen LogP contribution in [-0.4, -0.2) is 54.3 Å². The quantitative estimate of drug-likeness (QED) is 0.798. The van der Waals surface area contributed by atoms with Crippen molar-refractivity contribution in [3.8, 4) is 0 Å². The second-order valence-electron chi connectivity index (χ2n) is 6.60. The highest BCUT2D eigenvalue weighted by Crippen LogP contribution is 2.35. The average molecular weight is 379 g/mol. The Hall–Kier alpha value is -2.42. The minimum Gasteiger partial charge on any atom is -0.378 e. The van der Waals surface area contributed by atoms with Crippen molar-refractivity contribution in [2.75, 3.05) is 49.2 Å². The zero-order chi connectivity index (χ0) is 18.9. The SMILES string of the molecule is FC(F)(F)c1cccnc1N1CCc2cnc(N3CCOCC3)nc2CC1. The summed E-state index contributed by atoms with van der Waals surface area (Å²) in [5, 5.41) is 0. The molecule has 6 nitrogen and oxygen atoms in total. The third-order valence-electron chi connectivity index (χ3n) is 4.90. The molecular weight excluding hydrogens is 359 g/mol. The largest absolute Gasteiger partial charge is 0.419 e. The topological polar surface area (TPSA) is 54.4 Å². The zero-order valence-corrected chi connectivity index (χ0v) is 14.7. The van der Waals surface area contributed by atoms with Crippen molar-refractivity contribution in [1.82, 2.24) is 15.0 Å². The number of nitrogens with zero attached hydrogens (tertiary/aromatic N) is 5. The van der Waals surface area contributed by atoms with E-state index in [-0.39, 0.29) is 5.82 Å². The molecule has 0 amide bonds. The smallest absolute Gasteiger partial charge is 0.378 e. The number of aromatic nitrogens is 3. The van der Waals surface area contributed by atoms with Crippen molar-refractivity contribution in [1.29, 1.82) is 0 Å².